The molecule has 0 bridgehead atoms. The highest BCUT2D eigenvalue weighted by Crippen LogP contribution is 2.42. The van der Waals surface area contributed by atoms with E-state index in [0.29, 0.717) is 15.6 Å². The third kappa shape index (κ3) is 3.62. The molecule has 3 aromatic heterocycles. The summed E-state index contributed by atoms with van der Waals surface area (Å²) in [6.07, 6.45) is 7.70. The number of imidazole rings is 1. The van der Waals surface area contributed by atoms with Gasteiger partial charge in [0.1, 0.15) is 0 Å². The van der Waals surface area contributed by atoms with Gasteiger partial charge in [-0.2, -0.15) is 5.10 Å². The van der Waals surface area contributed by atoms with E-state index >= 15 is 0 Å². The number of carbonyl (C=O) groups is 1. The van der Waals surface area contributed by atoms with Crippen LogP contribution in [0.25, 0.3) is 16.8 Å². The van der Waals surface area contributed by atoms with E-state index in [1.807, 2.05) is 51.5 Å². The molecule has 0 saturated heterocycles. The zero-order valence-electron chi connectivity index (χ0n) is 18.8. The van der Waals surface area contributed by atoms with E-state index in [1.165, 1.54) is 5.56 Å². The Balaban J connectivity index is 1.63. The zero-order chi connectivity index (χ0) is 23.3. The number of amides is 1. The summed E-state index contributed by atoms with van der Waals surface area (Å²) >= 11 is 12.6. The summed E-state index contributed by atoms with van der Waals surface area (Å²) in [6, 6.07) is 9.28. The Labute approximate surface area is 202 Å². The number of carbonyl (C=O) groups excluding carboxylic acids is 1. The van der Waals surface area contributed by atoms with E-state index < -0.39 is 0 Å². The number of benzene rings is 1. The lowest BCUT2D eigenvalue weighted by Gasteiger charge is -2.41. The molecule has 0 saturated carbocycles. The fourth-order valence-corrected chi connectivity index (χ4v) is 5.66. The Kier molecular flexibility index (Phi) is 5.67. The maximum atomic E-state index is 13.9. The van der Waals surface area contributed by atoms with Crippen molar-refractivity contribution in [2.75, 3.05) is 0 Å². The summed E-state index contributed by atoms with van der Waals surface area (Å²) in [5, 5.41) is 6.09. The monoisotopic (exact) mass is 481 g/mol. The molecule has 6 nitrogen and oxygen atoms in total. The molecule has 0 fully saturated rings. The number of pyridine rings is 1. The van der Waals surface area contributed by atoms with Crippen molar-refractivity contribution in [2.45, 2.75) is 45.2 Å². The molecule has 0 N–H and O–H groups in total. The van der Waals surface area contributed by atoms with Crippen molar-refractivity contribution in [3.63, 3.8) is 0 Å². The average Bonchev–Trinajstić information content (AvgIpc) is 3.39. The molecule has 0 radical (unpaired) electrons. The lowest BCUT2D eigenvalue weighted by molar-refractivity contribution is 0.0514. The van der Waals surface area contributed by atoms with Gasteiger partial charge in [0.2, 0.25) is 0 Å². The molecule has 170 valence electrons. The number of fused-ring (bicyclic) bond motifs is 2. The first-order valence-electron chi connectivity index (χ1n) is 11.2. The highest BCUT2D eigenvalue weighted by atomic mass is 35.5. The topological polar surface area (TPSA) is 55.4 Å². The molecule has 8 heteroatoms. The predicted octanol–water partition coefficient (Wildman–Crippen LogP) is 5.97. The van der Waals surface area contributed by atoms with Crippen molar-refractivity contribution in [2.24, 2.45) is 7.05 Å². The summed E-state index contributed by atoms with van der Waals surface area (Å²) in [5.74, 6) is 0.0171. The van der Waals surface area contributed by atoms with Crippen molar-refractivity contribution < 1.29 is 4.79 Å². The Morgan fingerprint density at radius 2 is 1.91 bits per heavy atom. The molecule has 0 aliphatic carbocycles. The molecule has 4 heterocycles. The molecule has 1 aliphatic heterocycles. The van der Waals surface area contributed by atoms with Gasteiger partial charge in [0.15, 0.2) is 0 Å². The minimum Gasteiger partial charge on any atom is -0.327 e. The van der Waals surface area contributed by atoms with Gasteiger partial charge in [-0.25, -0.2) is 4.98 Å². The predicted molar refractivity (Wildman–Crippen MR) is 131 cm³/mol. The fraction of sp³-hybridized carbons (Fsp3) is 0.320. The summed E-state index contributed by atoms with van der Waals surface area (Å²) in [6.45, 7) is 4.24. The molecule has 5 rings (SSSR count). The van der Waals surface area contributed by atoms with Gasteiger partial charge in [0, 0.05) is 40.5 Å². The molecule has 1 aromatic carbocycles. The molecule has 1 amide bonds. The Bertz CT molecular complexity index is 1340. The quantitative estimate of drug-likeness (QED) is 0.360. The van der Waals surface area contributed by atoms with Crippen LogP contribution in [0.1, 0.15) is 54.3 Å². The standard InChI is InChI=1S/C25H25Cl2N5O/c1-4-18-12-20-23(29-30(3)24(20)15-9-16(26)11-17(27)10-15)21(5-2)32(18)25(33)19-7-6-8-31-14-28-13-22(19)31/h6-11,13-14,18,21H,4-5,12H2,1-3H3. The first-order chi connectivity index (χ1) is 15.9. The van der Waals surface area contributed by atoms with E-state index in [2.05, 4.69) is 18.8 Å². The maximum Gasteiger partial charge on any atom is 0.256 e. The summed E-state index contributed by atoms with van der Waals surface area (Å²) in [7, 11) is 1.94. The van der Waals surface area contributed by atoms with Crippen molar-refractivity contribution in [3.05, 3.63) is 75.9 Å². The third-order valence-corrected chi connectivity index (χ3v) is 7.01. The summed E-state index contributed by atoms with van der Waals surface area (Å²) in [4.78, 5) is 20.2. The zero-order valence-corrected chi connectivity index (χ0v) is 20.3. The number of halogens is 2. The smallest absolute Gasteiger partial charge is 0.256 e. The van der Waals surface area contributed by atoms with E-state index in [0.717, 1.165) is 41.7 Å². The van der Waals surface area contributed by atoms with Crippen LogP contribution < -0.4 is 0 Å². The third-order valence-electron chi connectivity index (χ3n) is 6.57. The van der Waals surface area contributed by atoms with Crippen LogP contribution in [0.2, 0.25) is 10.0 Å². The van der Waals surface area contributed by atoms with Crippen molar-refractivity contribution >= 4 is 34.6 Å². The second kappa shape index (κ2) is 8.50. The van der Waals surface area contributed by atoms with Crippen molar-refractivity contribution in [1.29, 1.82) is 0 Å². The van der Waals surface area contributed by atoms with Gasteiger partial charge in [-0.05, 0) is 49.6 Å². The van der Waals surface area contributed by atoms with Crippen LogP contribution in [-0.2, 0) is 13.5 Å². The van der Waals surface area contributed by atoms with E-state index in [-0.39, 0.29) is 18.0 Å². The summed E-state index contributed by atoms with van der Waals surface area (Å²) in [5.41, 5.74) is 5.54. The van der Waals surface area contributed by atoms with Gasteiger partial charge < -0.3 is 9.30 Å². The van der Waals surface area contributed by atoms with Gasteiger partial charge in [-0.1, -0.05) is 37.0 Å². The first kappa shape index (κ1) is 22.0. The Morgan fingerprint density at radius 1 is 1.15 bits per heavy atom. The number of aromatic nitrogens is 4. The fourth-order valence-electron chi connectivity index (χ4n) is 5.14. The van der Waals surface area contributed by atoms with E-state index in [9.17, 15) is 4.79 Å². The molecule has 2 unspecified atom stereocenters. The van der Waals surface area contributed by atoms with Crippen LogP contribution in [0.4, 0.5) is 0 Å². The average molecular weight is 482 g/mol. The van der Waals surface area contributed by atoms with Crippen LogP contribution >= 0.6 is 23.2 Å². The second-order valence-corrected chi connectivity index (χ2v) is 9.38. The van der Waals surface area contributed by atoms with Gasteiger partial charge >= 0.3 is 0 Å². The minimum absolute atomic E-state index is 0.0171. The van der Waals surface area contributed by atoms with Gasteiger partial charge in [0.25, 0.3) is 5.91 Å². The SMILES string of the molecule is CCC1Cc2c(nn(C)c2-c2cc(Cl)cc(Cl)c2)C(CC)N1C(=O)c1cccn2cncc12. The van der Waals surface area contributed by atoms with E-state index in [1.54, 1.807) is 18.6 Å². The highest BCUT2D eigenvalue weighted by Gasteiger charge is 2.40. The molecule has 2 atom stereocenters. The summed E-state index contributed by atoms with van der Waals surface area (Å²) < 4.78 is 3.78. The second-order valence-electron chi connectivity index (χ2n) is 8.50. The number of aryl methyl sites for hydroxylation is 1. The lowest BCUT2D eigenvalue weighted by Crippen LogP contribution is -2.47. The molecule has 1 aliphatic rings. The van der Waals surface area contributed by atoms with Crippen LogP contribution in [0, 0.1) is 0 Å². The molecule has 0 spiro atoms. The van der Waals surface area contributed by atoms with Crippen LogP contribution in [0.15, 0.2) is 49.1 Å². The Morgan fingerprint density at radius 3 is 2.61 bits per heavy atom. The van der Waals surface area contributed by atoms with Crippen LogP contribution in [0.5, 0.6) is 0 Å². The lowest BCUT2D eigenvalue weighted by atomic mass is 9.87. The first-order valence-corrected chi connectivity index (χ1v) is 11.9. The largest absolute Gasteiger partial charge is 0.327 e. The number of nitrogens with zero attached hydrogens (tertiary/aromatic N) is 5. The normalized spacial score (nSPS) is 18.0. The van der Waals surface area contributed by atoms with Crippen LogP contribution in [0.3, 0.4) is 0 Å². The number of hydrogen-bond acceptors (Lipinski definition) is 3. The molecule has 33 heavy (non-hydrogen) atoms. The Hall–Kier alpha value is -2.83. The van der Waals surface area contributed by atoms with Crippen molar-refractivity contribution in [1.82, 2.24) is 24.1 Å². The van der Waals surface area contributed by atoms with Crippen molar-refractivity contribution in [3.8, 4) is 11.3 Å². The van der Waals surface area contributed by atoms with Gasteiger partial charge in [0.05, 0.1) is 41.0 Å². The number of rotatable bonds is 4. The molecular formula is C25H25Cl2N5O. The molecule has 4 aromatic rings. The van der Waals surface area contributed by atoms with Gasteiger partial charge in [-0.15, -0.1) is 0 Å². The number of hydrogen-bond donors (Lipinski definition) is 0. The van der Waals surface area contributed by atoms with Gasteiger partial charge in [-0.3, -0.25) is 9.48 Å². The maximum absolute atomic E-state index is 13.9. The van der Waals surface area contributed by atoms with Crippen LogP contribution in [-0.4, -0.2) is 36.0 Å². The van der Waals surface area contributed by atoms with E-state index in [4.69, 9.17) is 28.3 Å². The highest BCUT2D eigenvalue weighted by molar-refractivity contribution is 6.35. The molecular weight excluding hydrogens is 457 g/mol. The minimum atomic E-state index is -0.121.